The van der Waals surface area contributed by atoms with E-state index in [1.807, 2.05) is 36.5 Å². The van der Waals surface area contributed by atoms with Gasteiger partial charge in [-0.3, -0.25) is 0 Å². The number of rotatable bonds is 3. The van der Waals surface area contributed by atoms with Crippen LogP contribution in [-0.2, 0) is 0 Å². The largest absolute Gasteiger partial charge is 0.360 e. The lowest BCUT2D eigenvalue weighted by atomic mass is 9.91. The number of aromatic nitrogens is 2. The second kappa shape index (κ2) is 8.03. The molecule has 0 saturated heterocycles. The summed E-state index contributed by atoms with van der Waals surface area (Å²) in [5.41, 5.74) is 9.84. The number of hydrogen-bond donors (Lipinski definition) is 1. The van der Waals surface area contributed by atoms with Gasteiger partial charge in [0.05, 0.1) is 17.0 Å². The number of benzene rings is 3. The third kappa shape index (κ3) is 3.58. The number of nitrogens with one attached hydrogen (secondary N) is 1. The lowest BCUT2D eigenvalue weighted by Gasteiger charge is -2.15. The van der Waals surface area contributed by atoms with Crippen LogP contribution in [0.3, 0.4) is 0 Å². The number of nitrogens with zero attached hydrogens (tertiary/aromatic N) is 2. The first-order valence-corrected chi connectivity index (χ1v) is 10.8. The van der Waals surface area contributed by atoms with Gasteiger partial charge in [0.1, 0.15) is 11.9 Å². The standard InChI is InChI=1S/C29H22FN3/c1-17-12-21(13-18(2)19(17)3)24-14-28(20-8-10-22(30)11-9-20)33-29(25(24)15-31)26-16-32-27-7-5-4-6-23(26)27/h4-14,16,32H,1-3H3. The minimum absolute atomic E-state index is 0.297. The highest BCUT2D eigenvalue weighted by Crippen LogP contribution is 2.38. The molecule has 0 spiro atoms. The van der Waals surface area contributed by atoms with Crippen molar-refractivity contribution in [2.75, 3.05) is 0 Å². The molecule has 5 aromatic rings. The number of aryl methyl sites for hydroxylation is 2. The Morgan fingerprint density at radius 1 is 0.848 bits per heavy atom. The molecule has 3 nitrogen and oxygen atoms in total. The Labute approximate surface area is 192 Å². The number of fused-ring (bicyclic) bond motifs is 1. The summed E-state index contributed by atoms with van der Waals surface area (Å²) in [5, 5.41) is 11.3. The topological polar surface area (TPSA) is 52.5 Å². The monoisotopic (exact) mass is 431 g/mol. The number of para-hydroxylation sites is 1. The number of aromatic amines is 1. The van der Waals surface area contributed by atoms with Gasteiger partial charge in [-0.2, -0.15) is 5.26 Å². The van der Waals surface area contributed by atoms with Crippen LogP contribution in [-0.4, -0.2) is 9.97 Å². The zero-order valence-electron chi connectivity index (χ0n) is 18.7. The maximum Gasteiger partial charge on any atom is 0.123 e. The fraction of sp³-hybridized carbons (Fsp3) is 0.103. The van der Waals surface area contributed by atoms with Crippen LogP contribution in [0.2, 0.25) is 0 Å². The Morgan fingerprint density at radius 3 is 2.24 bits per heavy atom. The lowest BCUT2D eigenvalue weighted by Crippen LogP contribution is -1.98. The molecule has 0 aliphatic heterocycles. The number of nitriles is 1. The van der Waals surface area contributed by atoms with E-state index in [1.54, 1.807) is 12.1 Å². The van der Waals surface area contributed by atoms with Crippen LogP contribution < -0.4 is 0 Å². The van der Waals surface area contributed by atoms with Gasteiger partial charge in [-0.25, -0.2) is 9.37 Å². The second-order valence-corrected chi connectivity index (χ2v) is 8.38. The first-order valence-electron chi connectivity index (χ1n) is 10.8. The van der Waals surface area contributed by atoms with Crippen LogP contribution in [0.4, 0.5) is 4.39 Å². The molecule has 0 bridgehead atoms. The van der Waals surface area contributed by atoms with E-state index < -0.39 is 0 Å². The molecule has 0 saturated carbocycles. The van der Waals surface area contributed by atoms with Crippen LogP contribution in [0.1, 0.15) is 22.3 Å². The van der Waals surface area contributed by atoms with Crippen LogP contribution in [0.15, 0.2) is 72.9 Å². The Morgan fingerprint density at radius 2 is 1.55 bits per heavy atom. The molecule has 0 aliphatic carbocycles. The molecule has 5 rings (SSSR count). The van der Waals surface area contributed by atoms with Gasteiger partial charge in [-0.1, -0.05) is 30.3 Å². The first kappa shape index (κ1) is 20.7. The quantitative estimate of drug-likeness (QED) is 0.321. The molecule has 4 heteroatoms. The average Bonchev–Trinajstić information content (AvgIpc) is 3.26. The number of halogens is 1. The highest BCUT2D eigenvalue weighted by atomic mass is 19.1. The molecular weight excluding hydrogens is 409 g/mol. The highest BCUT2D eigenvalue weighted by molar-refractivity contribution is 5.98. The van der Waals surface area contributed by atoms with Gasteiger partial charge in [0, 0.05) is 33.8 Å². The highest BCUT2D eigenvalue weighted by Gasteiger charge is 2.20. The summed E-state index contributed by atoms with van der Waals surface area (Å²) in [6.45, 7) is 6.27. The molecule has 1 N–H and O–H groups in total. The van der Waals surface area contributed by atoms with Crippen molar-refractivity contribution in [1.82, 2.24) is 9.97 Å². The summed E-state index contributed by atoms with van der Waals surface area (Å²) < 4.78 is 13.6. The third-order valence-corrected chi connectivity index (χ3v) is 6.35. The van der Waals surface area contributed by atoms with Crippen LogP contribution in [0.5, 0.6) is 0 Å². The minimum atomic E-state index is -0.297. The Kier molecular flexibility index (Phi) is 5.03. The van der Waals surface area contributed by atoms with Gasteiger partial charge in [-0.15, -0.1) is 0 Å². The normalized spacial score (nSPS) is 11.0. The van der Waals surface area contributed by atoms with Gasteiger partial charge in [0.15, 0.2) is 0 Å². The van der Waals surface area contributed by atoms with Gasteiger partial charge in [0.2, 0.25) is 0 Å². The third-order valence-electron chi connectivity index (χ3n) is 6.35. The average molecular weight is 432 g/mol. The molecule has 2 aromatic heterocycles. The molecule has 160 valence electrons. The van der Waals surface area contributed by atoms with Crippen molar-refractivity contribution in [2.45, 2.75) is 20.8 Å². The molecule has 0 amide bonds. The molecular formula is C29H22FN3. The van der Waals surface area contributed by atoms with Crippen LogP contribution in [0, 0.1) is 37.9 Å². The van der Waals surface area contributed by atoms with Crippen molar-refractivity contribution in [3.8, 4) is 39.7 Å². The number of H-pyrrole nitrogens is 1. The Hall–Kier alpha value is -4.23. The van der Waals surface area contributed by atoms with Crippen LogP contribution >= 0.6 is 0 Å². The molecule has 33 heavy (non-hydrogen) atoms. The fourth-order valence-electron chi connectivity index (χ4n) is 4.31. The van der Waals surface area contributed by atoms with Crippen LogP contribution in [0.25, 0.3) is 44.5 Å². The van der Waals surface area contributed by atoms with Gasteiger partial charge in [0.25, 0.3) is 0 Å². The minimum Gasteiger partial charge on any atom is -0.360 e. The van der Waals surface area contributed by atoms with Gasteiger partial charge < -0.3 is 4.98 Å². The number of hydrogen-bond acceptors (Lipinski definition) is 2. The van der Waals surface area contributed by atoms with E-state index in [0.29, 0.717) is 17.0 Å². The van der Waals surface area contributed by atoms with E-state index in [9.17, 15) is 9.65 Å². The summed E-state index contributed by atoms with van der Waals surface area (Å²) in [7, 11) is 0. The fourth-order valence-corrected chi connectivity index (χ4v) is 4.31. The first-order chi connectivity index (χ1) is 16.0. The van der Waals surface area contributed by atoms with Crippen molar-refractivity contribution >= 4 is 10.9 Å². The molecule has 2 heterocycles. The van der Waals surface area contributed by atoms with E-state index in [1.165, 1.54) is 28.8 Å². The zero-order valence-corrected chi connectivity index (χ0v) is 18.7. The molecule has 0 atom stereocenters. The SMILES string of the molecule is Cc1cc(-c2cc(-c3ccc(F)cc3)nc(-c3c[nH]c4ccccc34)c2C#N)cc(C)c1C. The summed E-state index contributed by atoms with van der Waals surface area (Å²) in [6.07, 6.45) is 1.90. The Bertz CT molecular complexity index is 1530. The summed E-state index contributed by atoms with van der Waals surface area (Å²) in [5.74, 6) is -0.297. The molecule has 0 unspecified atom stereocenters. The van der Waals surface area contributed by atoms with Gasteiger partial charge >= 0.3 is 0 Å². The van der Waals surface area contributed by atoms with E-state index in [0.717, 1.165) is 33.2 Å². The van der Waals surface area contributed by atoms with E-state index in [4.69, 9.17) is 4.98 Å². The molecule has 3 aromatic carbocycles. The van der Waals surface area contributed by atoms with E-state index >= 15 is 0 Å². The van der Waals surface area contributed by atoms with Crippen molar-refractivity contribution in [2.24, 2.45) is 0 Å². The van der Waals surface area contributed by atoms with Crippen molar-refractivity contribution < 1.29 is 4.39 Å². The lowest BCUT2D eigenvalue weighted by molar-refractivity contribution is 0.628. The maximum atomic E-state index is 13.6. The predicted octanol–water partition coefficient (Wildman–Crippen LogP) is 7.50. The Balaban J connectivity index is 1.85. The summed E-state index contributed by atoms with van der Waals surface area (Å²) >= 11 is 0. The summed E-state index contributed by atoms with van der Waals surface area (Å²) in [6, 6.07) is 22.9. The van der Waals surface area contributed by atoms with Crippen molar-refractivity contribution in [3.63, 3.8) is 0 Å². The van der Waals surface area contributed by atoms with Crippen molar-refractivity contribution in [1.29, 1.82) is 5.26 Å². The van der Waals surface area contributed by atoms with E-state index in [2.05, 4.69) is 44.0 Å². The maximum absolute atomic E-state index is 13.6. The molecule has 0 radical (unpaired) electrons. The molecule has 0 fully saturated rings. The summed E-state index contributed by atoms with van der Waals surface area (Å²) in [4.78, 5) is 8.21. The zero-order chi connectivity index (χ0) is 23.1. The smallest absolute Gasteiger partial charge is 0.123 e. The van der Waals surface area contributed by atoms with Gasteiger partial charge in [-0.05, 0) is 79.4 Å². The predicted molar refractivity (Wildman–Crippen MR) is 131 cm³/mol. The molecule has 0 aliphatic rings. The number of pyridine rings is 1. The second-order valence-electron chi connectivity index (χ2n) is 8.38. The van der Waals surface area contributed by atoms with Crippen molar-refractivity contribution in [3.05, 3.63) is 101 Å². The van der Waals surface area contributed by atoms with E-state index in [-0.39, 0.29) is 5.82 Å².